The molecule has 0 fully saturated rings. The Balaban J connectivity index is 2.11. The first kappa shape index (κ1) is 19.4. The Kier molecular flexibility index (Phi) is 6.29. The van der Waals surface area contributed by atoms with Crippen LogP contribution in [0.15, 0.2) is 42.6 Å². The Morgan fingerprint density at radius 1 is 1.15 bits per heavy atom. The van der Waals surface area contributed by atoms with E-state index < -0.39 is 23.6 Å². The maximum atomic E-state index is 12.7. The molecule has 0 unspecified atom stereocenters. The van der Waals surface area contributed by atoms with Gasteiger partial charge in [-0.3, -0.25) is 14.6 Å². The summed E-state index contributed by atoms with van der Waals surface area (Å²) in [5.41, 5.74) is -0.775. The van der Waals surface area contributed by atoms with E-state index in [9.17, 15) is 22.8 Å². The molecule has 0 atom stereocenters. The van der Waals surface area contributed by atoms with E-state index in [1.165, 1.54) is 37.6 Å². The fourth-order valence-electron chi connectivity index (χ4n) is 2.03. The molecule has 6 nitrogen and oxygen atoms in total. The molecule has 138 valence electrons. The Morgan fingerprint density at radius 3 is 2.62 bits per heavy atom. The van der Waals surface area contributed by atoms with Crippen LogP contribution in [0.1, 0.15) is 26.4 Å². The van der Waals surface area contributed by atoms with Gasteiger partial charge in [0.05, 0.1) is 12.2 Å². The highest BCUT2D eigenvalue weighted by atomic mass is 19.4. The average Bonchev–Trinajstić information content (AvgIpc) is 2.61. The lowest BCUT2D eigenvalue weighted by Crippen LogP contribution is -2.28. The van der Waals surface area contributed by atoms with Crippen LogP contribution in [0.5, 0.6) is 0 Å². The van der Waals surface area contributed by atoms with Gasteiger partial charge in [0, 0.05) is 31.1 Å². The van der Waals surface area contributed by atoms with Crippen molar-refractivity contribution in [1.29, 1.82) is 0 Å². The van der Waals surface area contributed by atoms with Gasteiger partial charge < -0.3 is 15.4 Å². The minimum atomic E-state index is -4.51. The van der Waals surface area contributed by atoms with Crippen molar-refractivity contribution >= 4 is 17.5 Å². The number of carbonyl (C=O) groups is 2. The van der Waals surface area contributed by atoms with Gasteiger partial charge in [0.1, 0.15) is 5.69 Å². The van der Waals surface area contributed by atoms with E-state index in [0.717, 1.165) is 12.1 Å². The number of nitrogens with zero attached hydrogens (tertiary/aromatic N) is 1. The lowest BCUT2D eigenvalue weighted by Gasteiger charge is -2.10. The Morgan fingerprint density at radius 2 is 1.92 bits per heavy atom. The number of hydrogen-bond donors (Lipinski definition) is 2. The molecule has 0 bridgehead atoms. The highest BCUT2D eigenvalue weighted by molar-refractivity contribution is 6.05. The van der Waals surface area contributed by atoms with Crippen LogP contribution in [0.25, 0.3) is 0 Å². The van der Waals surface area contributed by atoms with Gasteiger partial charge in [-0.15, -0.1) is 0 Å². The van der Waals surface area contributed by atoms with Crippen LogP contribution in [0.4, 0.5) is 18.9 Å². The van der Waals surface area contributed by atoms with Crippen molar-refractivity contribution in [3.63, 3.8) is 0 Å². The van der Waals surface area contributed by atoms with Crippen LogP contribution < -0.4 is 10.6 Å². The van der Waals surface area contributed by atoms with Gasteiger partial charge in [-0.1, -0.05) is 6.07 Å². The second-order valence-electron chi connectivity index (χ2n) is 5.21. The highest BCUT2D eigenvalue weighted by Crippen LogP contribution is 2.30. The van der Waals surface area contributed by atoms with Gasteiger partial charge >= 0.3 is 6.18 Å². The van der Waals surface area contributed by atoms with E-state index in [2.05, 4.69) is 15.6 Å². The molecule has 0 aliphatic carbocycles. The molecule has 0 radical (unpaired) electrons. The summed E-state index contributed by atoms with van der Waals surface area (Å²) >= 11 is 0. The number of methoxy groups -OCH3 is 1. The first-order valence-corrected chi connectivity index (χ1v) is 7.53. The molecular formula is C17H16F3N3O3. The SMILES string of the molecule is COCCNC(=O)c1cc(C(=O)Nc2cccc(C(F)(F)F)c2)ccn1. The minimum Gasteiger partial charge on any atom is -0.383 e. The van der Waals surface area contributed by atoms with Crippen LogP contribution in [0, 0.1) is 0 Å². The van der Waals surface area contributed by atoms with E-state index in [-0.39, 0.29) is 23.5 Å². The molecule has 0 saturated heterocycles. The molecule has 1 aromatic heterocycles. The van der Waals surface area contributed by atoms with Crippen LogP contribution in [-0.2, 0) is 10.9 Å². The van der Waals surface area contributed by atoms with Crippen molar-refractivity contribution in [2.75, 3.05) is 25.6 Å². The van der Waals surface area contributed by atoms with Gasteiger partial charge in [0.25, 0.3) is 11.8 Å². The Bertz CT molecular complexity index is 794. The summed E-state index contributed by atoms with van der Waals surface area (Å²) in [4.78, 5) is 28.0. The van der Waals surface area contributed by atoms with E-state index in [4.69, 9.17) is 4.74 Å². The van der Waals surface area contributed by atoms with E-state index in [1.54, 1.807) is 0 Å². The fourth-order valence-corrected chi connectivity index (χ4v) is 2.03. The summed E-state index contributed by atoms with van der Waals surface area (Å²) in [6.07, 6.45) is -3.24. The van der Waals surface area contributed by atoms with Gasteiger partial charge in [0.15, 0.2) is 0 Å². The molecule has 0 aliphatic rings. The first-order chi connectivity index (χ1) is 12.3. The topological polar surface area (TPSA) is 80.3 Å². The number of alkyl halides is 3. The molecule has 2 amide bonds. The third kappa shape index (κ3) is 5.28. The van der Waals surface area contributed by atoms with Crippen molar-refractivity contribution in [2.45, 2.75) is 6.18 Å². The Labute approximate surface area is 147 Å². The third-order valence-corrected chi connectivity index (χ3v) is 3.29. The zero-order chi connectivity index (χ0) is 19.2. The zero-order valence-corrected chi connectivity index (χ0v) is 13.8. The van der Waals surface area contributed by atoms with E-state index in [1.807, 2.05) is 0 Å². The van der Waals surface area contributed by atoms with Crippen molar-refractivity contribution in [3.8, 4) is 0 Å². The van der Waals surface area contributed by atoms with Gasteiger partial charge in [-0.05, 0) is 30.3 Å². The summed E-state index contributed by atoms with van der Waals surface area (Å²) in [5, 5.41) is 4.93. The molecular weight excluding hydrogens is 351 g/mol. The highest BCUT2D eigenvalue weighted by Gasteiger charge is 2.30. The molecule has 2 rings (SSSR count). The van der Waals surface area contributed by atoms with Crippen molar-refractivity contribution in [1.82, 2.24) is 10.3 Å². The van der Waals surface area contributed by atoms with Gasteiger partial charge in [-0.2, -0.15) is 13.2 Å². The maximum absolute atomic E-state index is 12.7. The lowest BCUT2D eigenvalue weighted by atomic mass is 10.1. The predicted molar refractivity (Wildman–Crippen MR) is 87.8 cm³/mol. The number of amides is 2. The second-order valence-corrected chi connectivity index (χ2v) is 5.21. The number of anilines is 1. The number of ether oxygens (including phenoxy) is 1. The predicted octanol–water partition coefficient (Wildman–Crippen LogP) is 2.73. The van der Waals surface area contributed by atoms with Crippen molar-refractivity contribution in [3.05, 3.63) is 59.4 Å². The fraction of sp³-hybridized carbons (Fsp3) is 0.235. The molecule has 0 aliphatic heterocycles. The van der Waals surface area contributed by atoms with Crippen molar-refractivity contribution < 1.29 is 27.5 Å². The maximum Gasteiger partial charge on any atom is 0.416 e. The standard InChI is InChI=1S/C17H16F3N3O3/c1-26-8-7-22-16(25)14-9-11(5-6-21-14)15(24)23-13-4-2-3-12(10-13)17(18,19)20/h2-6,9-10H,7-8H2,1H3,(H,22,25)(H,23,24). The average molecular weight is 367 g/mol. The monoisotopic (exact) mass is 367 g/mol. The molecule has 9 heteroatoms. The molecule has 0 spiro atoms. The Hall–Kier alpha value is -2.94. The third-order valence-electron chi connectivity index (χ3n) is 3.29. The van der Waals surface area contributed by atoms with E-state index in [0.29, 0.717) is 6.61 Å². The number of rotatable bonds is 6. The lowest BCUT2D eigenvalue weighted by molar-refractivity contribution is -0.137. The van der Waals surface area contributed by atoms with Crippen molar-refractivity contribution in [2.24, 2.45) is 0 Å². The molecule has 26 heavy (non-hydrogen) atoms. The smallest absolute Gasteiger partial charge is 0.383 e. The van der Waals surface area contributed by atoms with Crippen LogP contribution in [0.3, 0.4) is 0 Å². The summed E-state index contributed by atoms with van der Waals surface area (Å²) in [6, 6.07) is 6.88. The number of benzene rings is 1. The van der Waals surface area contributed by atoms with Crippen LogP contribution >= 0.6 is 0 Å². The number of halogens is 3. The number of nitrogens with one attached hydrogen (secondary N) is 2. The molecule has 1 heterocycles. The first-order valence-electron chi connectivity index (χ1n) is 7.53. The molecule has 2 aromatic rings. The number of pyridine rings is 1. The number of hydrogen-bond acceptors (Lipinski definition) is 4. The second kappa shape index (κ2) is 8.43. The summed E-state index contributed by atoms with van der Waals surface area (Å²) in [5.74, 6) is -1.14. The summed E-state index contributed by atoms with van der Waals surface area (Å²) < 4.78 is 43.0. The van der Waals surface area contributed by atoms with Gasteiger partial charge in [-0.25, -0.2) is 0 Å². The van der Waals surface area contributed by atoms with Crippen LogP contribution in [-0.4, -0.2) is 37.1 Å². The molecule has 0 saturated carbocycles. The summed E-state index contributed by atoms with van der Waals surface area (Å²) in [7, 11) is 1.49. The number of carbonyl (C=O) groups excluding carboxylic acids is 2. The quantitative estimate of drug-likeness (QED) is 0.770. The normalized spacial score (nSPS) is 11.1. The minimum absolute atomic E-state index is 0.00673. The summed E-state index contributed by atoms with van der Waals surface area (Å²) in [6.45, 7) is 0.596. The molecule has 2 N–H and O–H groups in total. The zero-order valence-electron chi connectivity index (χ0n) is 13.8. The van der Waals surface area contributed by atoms with Crippen LogP contribution in [0.2, 0.25) is 0 Å². The molecule has 1 aromatic carbocycles. The van der Waals surface area contributed by atoms with E-state index >= 15 is 0 Å². The largest absolute Gasteiger partial charge is 0.416 e. The van der Waals surface area contributed by atoms with Gasteiger partial charge in [0.2, 0.25) is 0 Å². The number of aromatic nitrogens is 1.